The van der Waals surface area contributed by atoms with Crippen LogP contribution in [0.4, 0.5) is 16.3 Å². The zero-order valence-corrected chi connectivity index (χ0v) is 14.4. The van der Waals surface area contributed by atoms with Crippen LogP contribution in [0.15, 0.2) is 30.6 Å². The number of nitrogens with one attached hydrogen (secondary N) is 2. The predicted molar refractivity (Wildman–Crippen MR) is 95.1 cm³/mol. The second-order valence-electron chi connectivity index (χ2n) is 6.07. The van der Waals surface area contributed by atoms with E-state index in [1.54, 1.807) is 6.20 Å². The van der Waals surface area contributed by atoms with E-state index in [0.717, 1.165) is 30.7 Å². The molecule has 1 aliphatic heterocycles. The van der Waals surface area contributed by atoms with Gasteiger partial charge in [-0.1, -0.05) is 6.07 Å². The Kier molecular flexibility index (Phi) is 5.45. The molecule has 0 radical (unpaired) electrons. The highest BCUT2D eigenvalue weighted by Gasteiger charge is 2.17. The van der Waals surface area contributed by atoms with Crippen molar-refractivity contribution in [3.63, 3.8) is 0 Å². The summed E-state index contributed by atoms with van der Waals surface area (Å²) in [6.07, 6.45) is 5.29. The third kappa shape index (κ3) is 4.90. The Morgan fingerprint density at radius 2 is 2.16 bits per heavy atom. The molecule has 1 saturated heterocycles. The lowest BCUT2D eigenvalue weighted by Crippen LogP contribution is -2.22. The van der Waals surface area contributed by atoms with E-state index in [-0.39, 0.29) is 6.10 Å². The summed E-state index contributed by atoms with van der Waals surface area (Å²) in [5.41, 5.74) is 2.42. The summed E-state index contributed by atoms with van der Waals surface area (Å²) in [6.45, 7) is 5.05. The van der Waals surface area contributed by atoms with Gasteiger partial charge in [-0.3, -0.25) is 10.3 Å². The third-order valence-electron chi connectivity index (χ3n) is 3.85. The van der Waals surface area contributed by atoms with Gasteiger partial charge in [0.2, 0.25) is 0 Å². The van der Waals surface area contributed by atoms with Crippen LogP contribution >= 0.6 is 0 Å². The van der Waals surface area contributed by atoms with Gasteiger partial charge in [-0.2, -0.15) is 0 Å². The predicted octanol–water partition coefficient (Wildman–Crippen LogP) is 3.30. The molecule has 2 amide bonds. The fourth-order valence-electron chi connectivity index (χ4n) is 2.55. The Morgan fingerprint density at radius 3 is 2.88 bits per heavy atom. The molecular formula is C18H22N4O3. The van der Waals surface area contributed by atoms with Gasteiger partial charge in [-0.05, 0) is 44.4 Å². The number of hydrogen-bond donors (Lipinski definition) is 2. The molecule has 1 unspecified atom stereocenters. The summed E-state index contributed by atoms with van der Waals surface area (Å²) in [5.74, 6) is 1.00. The largest absolute Gasteiger partial charge is 0.489 e. The summed E-state index contributed by atoms with van der Waals surface area (Å²) < 4.78 is 11.4. The first kappa shape index (κ1) is 17.2. The van der Waals surface area contributed by atoms with Crippen LogP contribution in [0.5, 0.6) is 5.75 Å². The van der Waals surface area contributed by atoms with Crippen molar-refractivity contribution in [2.45, 2.75) is 32.8 Å². The van der Waals surface area contributed by atoms with Crippen molar-refractivity contribution < 1.29 is 14.3 Å². The summed E-state index contributed by atoms with van der Waals surface area (Å²) in [4.78, 5) is 20.4. The maximum atomic E-state index is 12.2. The number of nitrogens with zero attached hydrogens (tertiary/aromatic N) is 2. The van der Waals surface area contributed by atoms with Crippen LogP contribution in [-0.4, -0.2) is 35.3 Å². The van der Waals surface area contributed by atoms with E-state index in [9.17, 15) is 4.79 Å². The number of benzene rings is 1. The van der Waals surface area contributed by atoms with E-state index in [4.69, 9.17) is 9.47 Å². The van der Waals surface area contributed by atoms with E-state index in [1.165, 1.54) is 6.20 Å². The molecule has 1 aromatic carbocycles. The molecule has 132 valence electrons. The van der Waals surface area contributed by atoms with E-state index >= 15 is 0 Å². The normalized spacial score (nSPS) is 16.5. The van der Waals surface area contributed by atoms with Gasteiger partial charge in [0.15, 0.2) is 5.82 Å². The van der Waals surface area contributed by atoms with Crippen molar-refractivity contribution in [2.75, 3.05) is 23.8 Å². The van der Waals surface area contributed by atoms with Crippen LogP contribution in [0.3, 0.4) is 0 Å². The van der Waals surface area contributed by atoms with Crippen LogP contribution in [0.25, 0.3) is 0 Å². The Balaban J connectivity index is 1.64. The lowest BCUT2D eigenvalue weighted by molar-refractivity contribution is 0.0682. The molecule has 7 heteroatoms. The van der Waals surface area contributed by atoms with Crippen LogP contribution < -0.4 is 15.4 Å². The molecule has 2 heterocycles. The number of ether oxygens (including phenoxy) is 2. The molecule has 0 spiro atoms. The van der Waals surface area contributed by atoms with E-state index in [0.29, 0.717) is 23.9 Å². The van der Waals surface area contributed by atoms with Crippen molar-refractivity contribution in [2.24, 2.45) is 0 Å². The number of rotatable bonds is 5. The number of aromatic nitrogens is 2. The molecule has 1 aliphatic rings. The second kappa shape index (κ2) is 7.94. The summed E-state index contributed by atoms with van der Waals surface area (Å²) in [7, 11) is 0. The van der Waals surface area contributed by atoms with Gasteiger partial charge in [0, 0.05) is 6.61 Å². The highest BCUT2D eigenvalue weighted by atomic mass is 16.5. The number of amides is 2. The van der Waals surface area contributed by atoms with Crippen LogP contribution in [0, 0.1) is 13.8 Å². The molecule has 25 heavy (non-hydrogen) atoms. The molecule has 3 rings (SSSR count). The molecule has 0 aliphatic carbocycles. The molecule has 1 fully saturated rings. The topological polar surface area (TPSA) is 85.4 Å². The number of urea groups is 1. The molecule has 0 bridgehead atoms. The van der Waals surface area contributed by atoms with Gasteiger partial charge in [-0.15, -0.1) is 0 Å². The smallest absolute Gasteiger partial charge is 0.324 e. The van der Waals surface area contributed by atoms with Crippen LogP contribution in [-0.2, 0) is 4.74 Å². The van der Waals surface area contributed by atoms with E-state index in [2.05, 4.69) is 20.6 Å². The average molecular weight is 342 g/mol. The van der Waals surface area contributed by atoms with Crippen LogP contribution in [0.2, 0.25) is 0 Å². The average Bonchev–Trinajstić information content (AvgIpc) is 3.10. The van der Waals surface area contributed by atoms with Crippen LogP contribution in [0.1, 0.15) is 24.1 Å². The maximum absolute atomic E-state index is 12.2. The van der Waals surface area contributed by atoms with Gasteiger partial charge in [-0.25, -0.2) is 9.78 Å². The Morgan fingerprint density at radius 1 is 1.28 bits per heavy atom. The fourth-order valence-corrected chi connectivity index (χ4v) is 2.55. The molecule has 1 atom stereocenters. The molecule has 7 nitrogen and oxygen atoms in total. The summed E-state index contributed by atoms with van der Waals surface area (Å²) in [6, 6.07) is 5.27. The quantitative estimate of drug-likeness (QED) is 0.871. The van der Waals surface area contributed by atoms with Crippen molar-refractivity contribution in [1.82, 2.24) is 9.97 Å². The summed E-state index contributed by atoms with van der Waals surface area (Å²) >= 11 is 0. The summed E-state index contributed by atoms with van der Waals surface area (Å²) in [5, 5.41) is 5.46. The van der Waals surface area contributed by atoms with Gasteiger partial charge >= 0.3 is 6.03 Å². The molecule has 2 aromatic rings. The van der Waals surface area contributed by atoms with Gasteiger partial charge in [0.25, 0.3) is 0 Å². The zero-order valence-electron chi connectivity index (χ0n) is 14.4. The molecule has 0 saturated carbocycles. The number of aryl methyl sites for hydroxylation is 2. The van der Waals surface area contributed by atoms with Crippen molar-refractivity contribution in [3.8, 4) is 5.75 Å². The Labute approximate surface area is 146 Å². The van der Waals surface area contributed by atoms with Gasteiger partial charge < -0.3 is 14.8 Å². The molecule has 2 N–H and O–H groups in total. The minimum atomic E-state index is -0.397. The highest BCUT2D eigenvalue weighted by molar-refractivity contribution is 6.00. The van der Waals surface area contributed by atoms with Crippen molar-refractivity contribution >= 4 is 17.5 Å². The van der Waals surface area contributed by atoms with Gasteiger partial charge in [0.05, 0.1) is 29.9 Å². The second-order valence-corrected chi connectivity index (χ2v) is 6.07. The number of carbonyl (C=O) groups excluding carboxylic acids is 1. The minimum Gasteiger partial charge on any atom is -0.489 e. The van der Waals surface area contributed by atoms with Crippen molar-refractivity contribution in [1.29, 1.82) is 0 Å². The number of hydrogen-bond acceptors (Lipinski definition) is 5. The zero-order chi connectivity index (χ0) is 17.6. The highest BCUT2D eigenvalue weighted by Crippen LogP contribution is 2.27. The SMILES string of the molecule is Cc1ccc(OCC2CCCO2)c(NC(=O)Nc2cnc(C)cn2)c1. The Hall–Kier alpha value is -2.67. The van der Waals surface area contributed by atoms with Gasteiger partial charge in [0.1, 0.15) is 12.4 Å². The lowest BCUT2D eigenvalue weighted by atomic mass is 10.2. The molecular weight excluding hydrogens is 320 g/mol. The maximum Gasteiger partial charge on any atom is 0.324 e. The first-order chi connectivity index (χ1) is 12.1. The minimum absolute atomic E-state index is 0.116. The van der Waals surface area contributed by atoms with E-state index in [1.807, 2.05) is 32.0 Å². The Bertz CT molecular complexity index is 728. The molecule has 1 aromatic heterocycles. The van der Waals surface area contributed by atoms with E-state index < -0.39 is 6.03 Å². The van der Waals surface area contributed by atoms with Crippen molar-refractivity contribution in [3.05, 3.63) is 41.9 Å². The first-order valence-corrected chi connectivity index (χ1v) is 8.32. The number of carbonyl (C=O) groups is 1. The number of anilines is 2. The third-order valence-corrected chi connectivity index (χ3v) is 3.85. The monoisotopic (exact) mass is 342 g/mol. The lowest BCUT2D eigenvalue weighted by Gasteiger charge is -2.16. The first-order valence-electron chi connectivity index (χ1n) is 8.32. The standard InChI is InChI=1S/C18H22N4O3/c1-12-5-6-16(25-11-14-4-3-7-24-14)15(8-12)21-18(23)22-17-10-19-13(2)9-20-17/h5-6,8-10,14H,3-4,7,11H2,1-2H3,(H2,20,21,22,23). The fraction of sp³-hybridized carbons (Fsp3) is 0.389.